The lowest BCUT2D eigenvalue weighted by molar-refractivity contribution is -0.304. The first kappa shape index (κ1) is 11.2. The summed E-state index contributed by atoms with van der Waals surface area (Å²) in [5, 5.41) is 43.2. The van der Waals surface area contributed by atoms with E-state index in [4.69, 9.17) is 10.2 Å². The fourth-order valence-corrected chi connectivity index (χ4v) is 1.42. The van der Waals surface area contributed by atoms with Crippen LogP contribution in [0.4, 0.5) is 0 Å². The normalized spacial score (nSPS) is 52.2. The molecule has 1 saturated heterocycles. The van der Waals surface area contributed by atoms with Gasteiger partial charge in [-0.25, -0.2) is 0 Å². The van der Waals surface area contributed by atoms with Crippen molar-refractivity contribution in [3.05, 3.63) is 0 Å². The van der Waals surface area contributed by atoms with E-state index in [2.05, 4.69) is 17.4 Å². The van der Waals surface area contributed by atoms with E-state index in [0.717, 1.165) is 0 Å². The number of hydrogen-bond acceptors (Lipinski definition) is 7. The molecule has 13 heavy (non-hydrogen) atoms. The van der Waals surface area contributed by atoms with Crippen molar-refractivity contribution in [1.29, 1.82) is 0 Å². The first-order valence-electron chi connectivity index (χ1n) is 3.67. The van der Waals surface area contributed by atoms with Gasteiger partial charge in [-0.1, -0.05) is 0 Å². The van der Waals surface area contributed by atoms with Crippen molar-refractivity contribution < 1.29 is 30.3 Å². The molecular formula is C6H12O6S. The summed E-state index contributed by atoms with van der Waals surface area (Å²) in [5.74, 6) is 0. The minimum absolute atomic E-state index is 0.589. The van der Waals surface area contributed by atoms with Gasteiger partial charge in [0.15, 0.2) is 0 Å². The van der Waals surface area contributed by atoms with Gasteiger partial charge in [0.25, 0.3) is 0 Å². The van der Waals surface area contributed by atoms with Crippen molar-refractivity contribution in [2.75, 3.05) is 6.61 Å². The Balaban J connectivity index is 2.79. The van der Waals surface area contributed by atoms with Crippen molar-refractivity contribution in [2.24, 2.45) is 0 Å². The van der Waals surface area contributed by atoms with Gasteiger partial charge >= 0.3 is 0 Å². The maximum absolute atomic E-state index is 9.24. The number of thiol groups is 1. The third-order valence-corrected chi connectivity index (χ3v) is 2.31. The van der Waals surface area contributed by atoms with Crippen LogP contribution in [0.15, 0.2) is 0 Å². The van der Waals surface area contributed by atoms with Crippen LogP contribution in [0.2, 0.25) is 0 Å². The number of aliphatic hydroxyl groups excluding tert-OH is 4. The monoisotopic (exact) mass is 212 g/mol. The fourth-order valence-electron chi connectivity index (χ4n) is 1.14. The zero-order valence-electron chi connectivity index (χ0n) is 6.61. The molecule has 7 heteroatoms. The van der Waals surface area contributed by atoms with Crippen molar-refractivity contribution in [1.82, 2.24) is 0 Å². The zero-order valence-corrected chi connectivity index (χ0v) is 7.50. The first-order chi connectivity index (χ1) is 5.90. The Morgan fingerprint density at radius 2 is 1.77 bits per heavy atom. The second-order valence-electron chi connectivity index (χ2n) is 2.92. The molecule has 0 radical (unpaired) electrons. The molecule has 0 saturated carbocycles. The van der Waals surface area contributed by atoms with Gasteiger partial charge in [0.05, 0.1) is 6.61 Å². The van der Waals surface area contributed by atoms with E-state index in [0.29, 0.717) is 0 Å². The molecule has 0 bridgehead atoms. The number of hydrogen-bond donors (Lipinski definition) is 6. The molecule has 0 aromatic rings. The van der Waals surface area contributed by atoms with Gasteiger partial charge in [0.2, 0.25) is 5.12 Å². The van der Waals surface area contributed by atoms with Gasteiger partial charge in [0, 0.05) is 0 Å². The van der Waals surface area contributed by atoms with Crippen LogP contribution in [0.3, 0.4) is 0 Å². The lowest BCUT2D eigenvalue weighted by Crippen LogP contribution is -2.62. The second-order valence-corrected chi connectivity index (χ2v) is 3.56. The van der Waals surface area contributed by atoms with E-state index in [1.165, 1.54) is 0 Å². The third-order valence-electron chi connectivity index (χ3n) is 1.94. The predicted molar refractivity (Wildman–Crippen MR) is 43.9 cm³/mol. The maximum Gasteiger partial charge on any atom is 0.243 e. The van der Waals surface area contributed by atoms with E-state index in [-0.39, 0.29) is 0 Å². The molecule has 1 aliphatic heterocycles. The maximum atomic E-state index is 9.24. The Labute approximate surface area is 79.8 Å². The van der Waals surface area contributed by atoms with Crippen LogP contribution >= 0.6 is 12.6 Å². The average molecular weight is 212 g/mol. The standard InChI is InChI=1S/C6H12O6S/c7-1-2-3(8)4(9)5(10)6(11,13)12-2/h2-5,7-11,13H,1H2/t2-,3+,4+,5-,6?/m1/s1. The zero-order chi connectivity index (χ0) is 10.2. The molecule has 5 N–H and O–H groups in total. The lowest BCUT2D eigenvalue weighted by atomic mass is 9.99. The van der Waals surface area contributed by atoms with Crippen molar-refractivity contribution >= 4 is 12.6 Å². The highest BCUT2D eigenvalue weighted by Gasteiger charge is 2.50. The Bertz CT molecular complexity index is 184. The molecule has 0 amide bonds. The molecule has 0 aromatic carbocycles. The van der Waals surface area contributed by atoms with Crippen molar-refractivity contribution in [3.63, 3.8) is 0 Å². The van der Waals surface area contributed by atoms with E-state index in [1.54, 1.807) is 0 Å². The van der Waals surface area contributed by atoms with Crippen LogP contribution in [0.5, 0.6) is 0 Å². The second kappa shape index (κ2) is 3.70. The molecule has 0 aromatic heterocycles. The molecule has 1 rings (SSSR count). The van der Waals surface area contributed by atoms with Gasteiger partial charge in [-0.2, -0.15) is 0 Å². The van der Waals surface area contributed by atoms with Crippen LogP contribution in [0.25, 0.3) is 0 Å². The molecule has 1 fully saturated rings. The molecule has 0 aliphatic carbocycles. The summed E-state index contributed by atoms with van der Waals surface area (Å²) >= 11 is 3.53. The largest absolute Gasteiger partial charge is 0.394 e. The quantitative estimate of drug-likeness (QED) is 0.205. The Kier molecular flexibility index (Phi) is 3.18. The third kappa shape index (κ3) is 1.96. The van der Waals surface area contributed by atoms with Gasteiger partial charge in [0.1, 0.15) is 24.4 Å². The van der Waals surface area contributed by atoms with Gasteiger partial charge in [-0.05, 0) is 0 Å². The van der Waals surface area contributed by atoms with Crippen LogP contribution < -0.4 is 0 Å². The lowest BCUT2D eigenvalue weighted by Gasteiger charge is -2.42. The van der Waals surface area contributed by atoms with Crippen molar-refractivity contribution in [2.45, 2.75) is 29.5 Å². The summed E-state index contributed by atoms with van der Waals surface area (Å²) in [4.78, 5) is 0. The van der Waals surface area contributed by atoms with Gasteiger partial charge in [-0.15, -0.1) is 12.6 Å². The molecule has 5 atom stereocenters. The van der Waals surface area contributed by atoms with E-state index >= 15 is 0 Å². The SMILES string of the molecule is OC[C@H]1OC(O)(S)[C@H](O)[C@@H](O)[C@H]1O. The Hall–Kier alpha value is 0.110. The van der Waals surface area contributed by atoms with Crippen LogP contribution in [-0.4, -0.2) is 61.7 Å². The number of rotatable bonds is 1. The van der Waals surface area contributed by atoms with E-state index in [9.17, 15) is 15.3 Å². The van der Waals surface area contributed by atoms with E-state index < -0.39 is 36.1 Å². The van der Waals surface area contributed by atoms with E-state index in [1.807, 2.05) is 0 Å². The Morgan fingerprint density at radius 1 is 1.23 bits per heavy atom. The molecule has 1 unspecified atom stereocenters. The topological polar surface area (TPSA) is 110 Å². The van der Waals surface area contributed by atoms with Crippen molar-refractivity contribution in [3.8, 4) is 0 Å². The Morgan fingerprint density at radius 3 is 2.23 bits per heavy atom. The highest BCUT2D eigenvalue weighted by Crippen LogP contribution is 2.30. The van der Waals surface area contributed by atoms with Crippen LogP contribution in [-0.2, 0) is 4.74 Å². The molecule has 78 valence electrons. The molecule has 0 spiro atoms. The number of aliphatic hydroxyl groups is 5. The summed E-state index contributed by atoms with van der Waals surface area (Å²) in [5.41, 5.74) is 0. The summed E-state index contributed by atoms with van der Waals surface area (Å²) in [6.45, 7) is -0.589. The van der Waals surface area contributed by atoms with Gasteiger partial charge < -0.3 is 30.3 Å². The molecule has 6 nitrogen and oxygen atoms in total. The minimum atomic E-state index is -2.26. The van der Waals surface area contributed by atoms with Crippen LogP contribution in [0.1, 0.15) is 0 Å². The summed E-state index contributed by atoms with van der Waals surface area (Å²) in [7, 11) is 0. The average Bonchev–Trinajstić information content (AvgIpc) is 2.08. The summed E-state index contributed by atoms with van der Waals surface area (Å²) in [6.07, 6.45) is -5.95. The first-order valence-corrected chi connectivity index (χ1v) is 4.12. The summed E-state index contributed by atoms with van der Waals surface area (Å²) < 4.78 is 4.63. The molecule has 1 heterocycles. The fraction of sp³-hybridized carbons (Fsp3) is 1.00. The smallest absolute Gasteiger partial charge is 0.243 e. The number of ether oxygens (including phenoxy) is 1. The summed E-state index contributed by atoms with van der Waals surface area (Å²) in [6, 6.07) is 0. The van der Waals surface area contributed by atoms with Gasteiger partial charge in [-0.3, -0.25) is 0 Å². The van der Waals surface area contributed by atoms with Crippen LogP contribution in [0, 0.1) is 0 Å². The highest BCUT2D eigenvalue weighted by atomic mass is 32.1. The minimum Gasteiger partial charge on any atom is -0.394 e. The molecule has 1 aliphatic rings. The molecular weight excluding hydrogens is 200 g/mol. The highest BCUT2D eigenvalue weighted by molar-refractivity contribution is 7.81. The predicted octanol–water partition coefficient (Wildman–Crippen LogP) is -2.96.